The SMILES string of the molecule is CCC(=O)N1CCC(Oc2ccc(-c3cnc4ccccc4c3N(C)C)cc2)CC1. The van der Waals surface area contributed by atoms with Crippen LogP contribution in [0.15, 0.2) is 54.7 Å². The third-order valence-corrected chi connectivity index (χ3v) is 5.76. The maximum absolute atomic E-state index is 11.8. The zero-order valence-electron chi connectivity index (χ0n) is 18.0. The van der Waals surface area contributed by atoms with Gasteiger partial charge in [-0.05, 0) is 23.8 Å². The molecule has 1 amide bonds. The Balaban J connectivity index is 1.51. The molecular weight excluding hydrogens is 374 g/mol. The molecule has 1 saturated heterocycles. The van der Waals surface area contributed by atoms with Crippen molar-refractivity contribution in [3.05, 3.63) is 54.7 Å². The standard InChI is InChI=1S/C25H29N3O2/c1-4-24(29)28-15-13-20(14-16-28)30-19-11-9-18(10-12-19)22-17-26-23-8-6-5-7-21(23)25(22)27(2)3/h5-12,17,20H,4,13-16H2,1-3H3. The van der Waals surface area contributed by atoms with Gasteiger partial charge in [-0.15, -0.1) is 0 Å². The summed E-state index contributed by atoms with van der Waals surface area (Å²) >= 11 is 0. The van der Waals surface area contributed by atoms with E-state index in [4.69, 9.17) is 4.74 Å². The zero-order chi connectivity index (χ0) is 21.1. The molecule has 1 fully saturated rings. The topological polar surface area (TPSA) is 45.7 Å². The van der Waals surface area contributed by atoms with Crippen molar-refractivity contribution < 1.29 is 9.53 Å². The van der Waals surface area contributed by atoms with Crippen LogP contribution in [0.5, 0.6) is 5.75 Å². The average Bonchev–Trinajstić information content (AvgIpc) is 2.78. The third kappa shape index (κ3) is 4.11. The van der Waals surface area contributed by atoms with E-state index >= 15 is 0 Å². The van der Waals surface area contributed by atoms with Gasteiger partial charge >= 0.3 is 0 Å². The smallest absolute Gasteiger partial charge is 0.222 e. The molecule has 4 rings (SSSR count). The van der Waals surface area contributed by atoms with Crippen LogP contribution in [0, 0.1) is 0 Å². The van der Waals surface area contributed by atoms with Crippen molar-refractivity contribution in [1.29, 1.82) is 0 Å². The van der Waals surface area contributed by atoms with Gasteiger partial charge in [0.05, 0.1) is 11.2 Å². The summed E-state index contributed by atoms with van der Waals surface area (Å²) in [5, 5.41) is 1.15. The molecule has 0 saturated carbocycles. The summed E-state index contributed by atoms with van der Waals surface area (Å²) in [6.07, 6.45) is 4.45. The molecule has 2 aromatic carbocycles. The number of benzene rings is 2. The molecule has 1 aromatic heterocycles. The summed E-state index contributed by atoms with van der Waals surface area (Å²) in [5.74, 6) is 1.11. The molecule has 0 unspecified atom stereocenters. The van der Waals surface area contributed by atoms with Gasteiger partial charge in [-0.3, -0.25) is 9.78 Å². The Kier molecular flexibility index (Phi) is 5.88. The van der Waals surface area contributed by atoms with E-state index in [0.29, 0.717) is 6.42 Å². The number of hydrogen-bond donors (Lipinski definition) is 0. The molecular formula is C25H29N3O2. The van der Waals surface area contributed by atoms with Crippen molar-refractivity contribution in [3.63, 3.8) is 0 Å². The number of nitrogens with zero attached hydrogens (tertiary/aromatic N) is 3. The lowest BCUT2D eigenvalue weighted by Crippen LogP contribution is -2.41. The van der Waals surface area contributed by atoms with E-state index in [1.165, 1.54) is 5.69 Å². The summed E-state index contributed by atoms with van der Waals surface area (Å²) in [7, 11) is 4.14. The Labute approximate surface area is 178 Å². The van der Waals surface area contributed by atoms with E-state index in [9.17, 15) is 4.79 Å². The molecule has 30 heavy (non-hydrogen) atoms. The van der Waals surface area contributed by atoms with E-state index in [0.717, 1.165) is 53.7 Å². The number of para-hydroxylation sites is 1. The Hall–Kier alpha value is -3.08. The molecule has 5 heteroatoms. The van der Waals surface area contributed by atoms with Gasteiger partial charge in [-0.1, -0.05) is 37.3 Å². The van der Waals surface area contributed by atoms with E-state index in [1.807, 2.05) is 42.3 Å². The number of likely N-dealkylation sites (tertiary alicyclic amines) is 1. The van der Waals surface area contributed by atoms with Gasteiger partial charge in [0.1, 0.15) is 11.9 Å². The molecule has 5 nitrogen and oxygen atoms in total. The molecule has 3 aromatic rings. The monoisotopic (exact) mass is 403 g/mol. The second kappa shape index (κ2) is 8.74. The second-order valence-corrected chi connectivity index (χ2v) is 8.01. The lowest BCUT2D eigenvalue weighted by Gasteiger charge is -2.32. The molecule has 1 aliphatic rings. The van der Waals surface area contributed by atoms with Crippen LogP contribution in [0.1, 0.15) is 26.2 Å². The number of rotatable bonds is 5. The first-order valence-electron chi connectivity index (χ1n) is 10.7. The molecule has 0 N–H and O–H groups in total. The Morgan fingerprint density at radius 1 is 1.10 bits per heavy atom. The minimum Gasteiger partial charge on any atom is -0.490 e. The highest BCUT2D eigenvalue weighted by Gasteiger charge is 2.23. The summed E-state index contributed by atoms with van der Waals surface area (Å²) < 4.78 is 6.19. The van der Waals surface area contributed by atoms with E-state index in [1.54, 1.807) is 0 Å². The van der Waals surface area contributed by atoms with Gasteiger partial charge in [0.2, 0.25) is 5.91 Å². The first-order chi connectivity index (χ1) is 14.6. The van der Waals surface area contributed by atoms with Crippen LogP contribution in [0.4, 0.5) is 5.69 Å². The van der Waals surface area contributed by atoms with Crippen LogP contribution in [-0.4, -0.2) is 49.1 Å². The third-order valence-electron chi connectivity index (χ3n) is 5.76. The van der Waals surface area contributed by atoms with Gasteiger partial charge in [0.15, 0.2) is 0 Å². The van der Waals surface area contributed by atoms with E-state index < -0.39 is 0 Å². The zero-order valence-corrected chi connectivity index (χ0v) is 18.0. The second-order valence-electron chi connectivity index (χ2n) is 8.01. The van der Waals surface area contributed by atoms with Crippen molar-refractivity contribution in [3.8, 4) is 16.9 Å². The summed E-state index contributed by atoms with van der Waals surface area (Å²) in [5.41, 5.74) is 4.39. The number of carbonyl (C=O) groups excluding carboxylic acids is 1. The van der Waals surface area contributed by atoms with Crippen LogP contribution in [-0.2, 0) is 4.79 Å². The van der Waals surface area contributed by atoms with Gasteiger partial charge in [-0.25, -0.2) is 0 Å². The number of fused-ring (bicyclic) bond motifs is 1. The predicted octanol–water partition coefficient (Wildman–Crippen LogP) is 4.75. The van der Waals surface area contributed by atoms with Gasteiger partial charge in [-0.2, -0.15) is 0 Å². The predicted molar refractivity (Wildman–Crippen MR) is 122 cm³/mol. The molecule has 0 atom stereocenters. The van der Waals surface area contributed by atoms with Crippen molar-refractivity contribution in [2.45, 2.75) is 32.3 Å². The maximum atomic E-state index is 11.8. The maximum Gasteiger partial charge on any atom is 0.222 e. The number of piperidine rings is 1. The number of aromatic nitrogens is 1. The van der Waals surface area contributed by atoms with Crippen molar-refractivity contribution in [2.24, 2.45) is 0 Å². The first kappa shape index (κ1) is 20.2. The molecule has 2 heterocycles. The summed E-state index contributed by atoms with van der Waals surface area (Å²) in [4.78, 5) is 20.6. The molecule has 0 aliphatic carbocycles. The number of hydrogen-bond acceptors (Lipinski definition) is 4. The van der Waals surface area contributed by atoms with Crippen molar-refractivity contribution in [2.75, 3.05) is 32.1 Å². The molecule has 0 radical (unpaired) electrons. The van der Waals surface area contributed by atoms with Gasteiger partial charge in [0.25, 0.3) is 0 Å². The highest BCUT2D eigenvalue weighted by molar-refractivity contribution is 5.99. The van der Waals surface area contributed by atoms with Crippen LogP contribution in [0.25, 0.3) is 22.0 Å². The number of pyridine rings is 1. The quantitative estimate of drug-likeness (QED) is 0.617. The van der Waals surface area contributed by atoms with Crippen LogP contribution in [0.2, 0.25) is 0 Å². The Bertz CT molecular complexity index is 1020. The highest BCUT2D eigenvalue weighted by Crippen LogP contribution is 2.36. The highest BCUT2D eigenvalue weighted by atomic mass is 16.5. The van der Waals surface area contributed by atoms with Crippen molar-refractivity contribution >= 4 is 22.5 Å². The lowest BCUT2D eigenvalue weighted by molar-refractivity contribution is -0.132. The fraction of sp³-hybridized carbons (Fsp3) is 0.360. The van der Waals surface area contributed by atoms with E-state index in [2.05, 4.69) is 48.2 Å². The van der Waals surface area contributed by atoms with Crippen LogP contribution in [0.3, 0.4) is 0 Å². The Morgan fingerprint density at radius 3 is 2.47 bits per heavy atom. The average molecular weight is 404 g/mol. The number of anilines is 1. The summed E-state index contributed by atoms with van der Waals surface area (Å²) in [6.45, 7) is 3.48. The van der Waals surface area contributed by atoms with Gasteiger partial charge < -0.3 is 14.5 Å². The Morgan fingerprint density at radius 2 is 1.80 bits per heavy atom. The molecule has 0 spiro atoms. The fourth-order valence-electron chi connectivity index (χ4n) is 4.17. The largest absolute Gasteiger partial charge is 0.490 e. The van der Waals surface area contributed by atoms with Crippen LogP contribution < -0.4 is 9.64 Å². The summed E-state index contributed by atoms with van der Waals surface area (Å²) in [6, 6.07) is 16.5. The molecule has 1 aliphatic heterocycles. The van der Waals surface area contributed by atoms with Gasteiger partial charge in [0, 0.05) is 63.6 Å². The van der Waals surface area contributed by atoms with Crippen LogP contribution >= 0.6 is 0 Å². The van der Waals surface area contributed by atoms with Crippen molar-refractivity contribution in [1.82, 2.24) is 9.88 Å². The minimum absolute atomic E-state index is 0.163. The fourth-order valence-corrected chi connectivity index (χ4v) is 4.17. The normalized spacial score (nSPS) is 14.7. The number of ether oxygens (including phenoxy) is 1. The minimum atomic E-state index is 0.163. The molecule has 0 bridgehead atoms. The van der Waals surface area contributed by atoms with E-state index in [-0.39, 0.29) is 12.0 Å². The molecule has 156 valence electrons. The first-order valence-corrected chi connectivity index (χ1v) is 10.7. The number of carbonyl (C=O) groups is 1. The number of amides is 1. The lowest BCUT2D eigenvalue weighted by atomic mass is 10.0.